The molecule has 1 aliphatic rings. The molecule has 0 spiro atoms. The quantitative estimate of drug-likeness (QED) is 0.755. The van der Waals surface area contributed by atoms with Crippen LogP contribution in [0, 0.1) is 11.7 Å². The van der Waals surface area contributed by atoms with Gasteiger partial charge >= 0.3 is 0 Å². The first-order valence-corrected chi connectivity index (χ1v) is 7.42. The fourth-order valence-corrected chi connectivity index (χ4v) is 2.86. The minimum absolute atomic E-state index is 0.0865. The number of benzene rings is 1. The lowest BCUT2D eigenvalue weighted by atomic mass is 10.0. The second kappa shape index (κ2) is 4.87. The van der Waals surface area contributed by atoms with Crippen LogP contribution in [0.1, 0.15) is 41.0 Å². The number of halogens is 1. The number of phenols is 1. The number of rotatable bonds is 3. The molecule has 2 heterocycles. The standard InChI is InChI=1S/C17H14FN3O2/c1-9-6-13(9)14-15(16(23)10-2-4-12(22)5-3-10)21-8-11(18)7-19-17(21)20-14/h2-5,7-9,13,22H,6H2,1H3/t9-,13-/m1/s1. The van der Waals surface area contributed by atoms with Gasteiger partial charge in [-0.2, -0.15) is 0 Å². The molecule has 5 nitrogen and oxygen atoms in total. The second-order valence-electron chi connectivity index (χ2n) is 5.98. The molecular formula is C17H14FN3O2. The molecule has 6 heteroatoms. The monoisotopic (exact) mass is 311 g/mol. The normalized spacial score (nSPS) is 19.9. The number of carbonyl (C=O) groups is 1. The van der Waals surface area contributed by atoms with Crippen LogP contribution in [0.5, 0.6) is 5.75 Å². The Bertz CT molecular complexity index is 917. The summed E-state index contributed by atoms with van der Waals surface area (Å²) < 4.78 is 15.0. The number of aromatic nitrogens is 3. The molecule has 2 atom stereocenters. The lowest BCUT2D eigenvalue weighted by Crippen LogP contribution is -2.08. The van der Waals surface area contributed by atoms with Crippen molar-refractivity contribution in [3.05, 3.63) is 59.4 Å². The predicted molar refractivity (Wildman–Crippen MR) is 81.0 cm³/mol. The molecule has 0 bridgehead atoms. The zero-order valence-corrected chi connectivity index (χ0v) is 12.4. The Hall–Kier alpha value is -2.76. The number of carbonyl (C=O) groups excluding carboxylic acids is 1. The van der Waals surface area contributed by atoms with Crippen LogP contribution >= 0.6 is 0 Å². The Labute approximate surface area is 131 Å². The first kappa shape index (κ1) is 13.9. The molecule has 0 unspecified atom stereocenters. The first-order valence-electron chi connectivity index (χ1n) is 7.42. The van der Waals surface area contributed by atoms with Crippen LogP contribution in [0.2, 0.25) is 0 Å². The summed E-state index contributed by atoms with van der Waals surface area (Å²) >= 11 is 0. The van der Waals surface area contributed by atoms with Gasteiger partial charge in [0.25, 0.3) is 0 Å². The highest BCUT2D eigenvalue weighted by molar-refractivity contribution is 6.09. The van der Waals surface area contributed by atoms with Gasteiger partial charge in [-0.1, -0.05) is 6.92 Å². The van der Waals surface area contributed by atoms with E-state index in [0.717, 1.165) is 12.6 Å². The van der Waals surface area contributed by atoms with E-state index in [9.17, 15) is 14.3 Å². The van der Waals surface area contributed by atoms with Crippen molar-refractivity contribution in [2.75, 3.05) is 0 Å². The average molecular weight is 311 g/mol. The van der Waals surface area contributed by atoms with Crippen LogP contribution in [0.3, 0.4) is 0 Å². The summed E-state index contributed by atoms with van der Waals surface area (Å²) in [6.45, 7) is 2.09. The second-order valence-corrected chi connectivity index (χ2v) is 5.98. The molecule has 1 aromatic carbocycles. The average Bonchev–Trinajstić information content (AvgIpc) is 3.14. The summed E-state index contributed by atoms with van der Waals surface area (Å²) in [5.74, 6) is 0.294. The summed E-state index contributed by atoms with van der Waals surface area (Å²) in [4.78, 5) is 21.3. The van der Waals surface area contributed by atoms with E-state index in [-0.39, 0.29) is 17.5 Å². The minimum atomic E-state index is -0.523. The van der Waals surface area contributed by atoms with E-state index in [4.69, 9.17) is 0 Å². The highest BCUT2D eigenvalue weighted by atomic mass is 19.1. The SMILES string of the molecule is C[C@@H]1C[C@H]1c1nc2ncc(F)cn2c1C(=O)c1ccc(O)cc1. The van der Waals surface area contributed by atoms with Gasteiger partial charge in [-0.25, -0.2) is 14.4 Å². The Balaban J connectivity index is 1.91. The number of aromatic hydroxyl groups is 1. The van der Waals surface area contributed by atoms with Gasteiger partial charge in [0.05, 0.1) is 18.1 Å². The van der Waals surface area contributed by atoms with Crippen LogP contribution < -0.4 is 0 Å². The molecule has 4 rings (SSSR count). The lowest BCUT2D eigenvalue weighted by molar-refractivity contribution is 0.103. The van der Waals surface area contributed by atoms with E-state index in [1.54, 1.807) is 12.1 Å². The Morgan fingerprint density at radius 2 is 2.04 bits per heavy atom. The molecule has 1 aliphatic carbocycles. The van der Waals surface area contributed by atoms with Gasteiger partial charge in [-0.3, -0.25) is 9.20 Å². The number of hydrogen-bond donors (Lipinski definition) is 1. The summed E-state index contributed by atoms with van der Waals surface area (Å²) in [6.07, 6.45) is 3.29. The van der Waals surface area contributed by atoms with Gasteiger partial charge in [-0.05, 0) is 36.6 Å². The van der Waals surface area contributed by atoms with E-state index in [2.05, 4.69) is 16.9 Å². The van der Waals surface area contributed by atoms with Crippen molar-refractivity contribution < 1.29 is 14.3 Å². The smallest absolute Gasteiger partial charge is 0.234 e. The third kappa shape index (κ3) is 2.27. The fourth-order valence-electron chi connectivity index (χ4n) is 2.86. The van der Waals surface area contributed by atoms with Crippen LogP contribution in [0.25, 0.3) is 5.78 Å². The molecule has 23 heavy (non-hydrogen) atoms. The molecule has 0 saturated heterocycles. The zero-order chi connectivity index (χ0) is 16.1. The molecule has 1 fully saturated rings. The molecule has 3 aromatic rings. The largest absolute Gasteiger partial charge is 0.508 e. The van der Waals surface area contributed by atoms with Gasteiger partial charge < -0.3 is 5.11 Å². The van der Waals surface area contributed by atoms with E-state index < -0.39 is 5.82 Å². The molecule has 0 amide bonds. The Morgan fingerprint density at radius 3 is 2.70 bits per heavy atom. The lowest BCUT2D eigenvalue weighted by Gasteiger charge is -2.04. The maximum atomic E-state index is 13.6. The van der Waals surface area contributed by atoms with E-state index in [1.807, 2.05) is 0 Å². The zero-order valence-electron chi connectivity index (χ0n) is 12.4. The molecule has 2 aromatic heterocycles. The number of fused-ring (bicyclic) bond motifs is 1. The number of phenolic OH excluding ortho intramolecular Hbond substituents is 1. The maximum Gasteiger partial charge on any atom is 0.234 e. The van der Waals surface area contributed by atoms with Crippen molar-refractivity contribution in [1.82, 2.24) is 14.4 Å². The third-order valence-corrected chi connectivity index (χ3v) is 4.28. The maximum absolute atomic E-state index is 13.6. The van der Waals surface area contributed by atoms with Gasteiger partial charge in [0.2, 0.25) is 11.6 Å². The van der Waals surface area contributed by atoms with Crippen molar-refractivity contribution in [3.8, 4) is 5.75 Å². The summed E-state index contributed by atoms with van der Waals surface area (Å²) in [5, 5.41) is 9.38. The number of hydrogen-bond acceptors (Lipinski definition) is 4. The topological polar surface area (TPSA) is 67.5 Å². The van der Waals surface area contributed by atoms with Crippen molar-refractivity contribution in [3.63, 3.8) is 0 Å². The minimum Gasteiger partial charge on any atom is -0.508 e. The predicted octanol–water partition coefficient (Wildman–Crippen LogP) is 2.93. The van der Waals surface area contributed by atoms with Crippen LogP contribution in [-0.2, 0) is 0 Å². The van der Waals surface area contributed by atoms with Crippen molar-refractivity contribution in [1.29, 1.82) is 0 Å². The van der Waals surface area contributed by atoms with Gasteiger partial charge in [0, 0.05) is 11.5 Å². The highest BCUT2D eigenvalue weighted by Crippen LogP contribution is 2.47. The van der Waals surface area contributed by atoms with Gasteiger partial charge in [0.15, 0.2) is 5.82 Å². The molecular weight excluding hydrogens is 297 g/mol. The molecule has 0 aliphatic heterocycles. The highest BCUT2D eigenvalue weighted by Gasteiger charge is 2.40. The van der Waals surface area contributed by atoms with E-state index in [0.29, 0.717) is 28.6 Å². The molecule has 1 saturated carbocycles. The van der Waals surface area contributed by atoms with Crippen LogP contribution in [-0.4, -0.2) is 25.3 Å². The van der Waals surface area contributed by atoms with Crippen LogP contribution in [0.4, 0.5) is 4.39 Å². The third-order valence-electron chi connectivity index (χ3n) is 4.28. The van der Waals surface area contributed by atoms with E-state index >= 15 is 0 Å². The molecule has 1 N–H and O–H groups in total. The number of ketones is 1. The summed E-state index contributed by atoms with van der Waals surface area (Å²) in [6, 6.07) is 6.00. The Kier molecular flexibility index (Phi) is 2.94. The van der Waals surface area contributed by atoms with Gasteiger partial charge in [-0.15, -0.1) is 0 Å². The summed E-state index contributed by atoms with van der Waals surface area (Å²) in [7, 11) is 0. The number of imidazole rings is 1. The van der Waals surface area contributed by atoms with Crippen molar-refractivity contribution >= 4 is 11.6 Å². The Morgan fingerprint density at radius 1 is 1.35 bits per heavy atom. The number of nitrogens with zero attached hydrogens (tertiary/aromatic N) is 3. The molecule has 116 valence electrons. The van der Waals surface area contributed by atoms with Crippen molar-refractivity contribution in [2.45, 2.75) is 19.3 Å². The van der Waals surface area contributed by atoms with Gasteiger partial charge in [0.1, 0.15) is 11.4 Å². The fraction of sp³-hybridized carbons (Fsp3) is 0.235. The van der Waals surface area contributed by atoms with Crippen molar-refractivity contribution in [2.24, 2.45) is 5.92 Å². The van der Waals surface area contributed by atoms with E-state index in [1.165, 1.54) is 22.7 Å². The first-order chi connectivity index (χ1) is 11.0. The van der Waals surface area contributed by atoms with Crippen LogP contribution in [0.15, 0.2) is 36.7 Å². The summed E-state index contributed by atoms with van der Waals surface area (Å²) in [5.41, 5.74) is 1.45. The molecule has 0 radical (unpaired) electrons.